The third kappa shape index (κ3) is 4.52. The van der Waals surface area contributed by atoms with Crippen molar-refractivity contribution in [2.45, 2.75) is 6.61 Å². The van der Waals surface area contributed by atoms with Crippen molar-refractivity contribution in [3.05, 3.63) is 74.6 Å². The number of hydrogen-bond donors (Lipinski definition) is 2. The van der Waals surface area contributed by atoms with Crippen molar-refractivity contribution in [1.29, 1.82) is 0 Å². The first-order chi connectivity index (χ1) is 12.4. The normalized spacial score (nSPS) is 10.6. The fourth-order valence-corrected chi connectivity index (χ4v) is 3.01. The predicted octanol–water partition coefficient (Wildman–Crippen LogP) is 5.89. The maximum Gasteiger partial charge on any atom is 0.291 e. The molecule has 3 rings (SSSR count). The topological polar surface area (TPSA) is 71.7 Å². The molecule has 0 aliphatic carbocycles. The van der Waals surface area contributed by atoms with Crippen LogP contribution in [0.1, 0.15) is 16.3 Å². The molecular weight excluding hydrogens is 445 g/mol. The smallest absolute Gasteiger partial charge is 0.291 e. The lowest BCUT2D eigenvalue weighted by Gasteiger charge is -2.07. The van der Waals surface area contributed by atoms with E-state index < -0.39 is 5.91 Å². The van der Waals surface area contributed by atoms with E-state index in [2.05, 4.69) is 21.2 Å². The third-order valence-electron chi connectivity index (χ3n) is 3.36. The first-order valence-electron chi connectivity index (χ1n) is 7.39. The van der Waals surface area contributed by atoms with Crippen molar-refractivity contribution in [1.82, 2.24) is 0 Å². The SMILES string of the molecule is O=C(Nc1cc(Cl)ccc1O)c1ccc(COc2ccc(Br)cc2Cl)o1. The van der Waals surface area contributed by atoms with E-state index in [1.165, 1.54) is 24.3 Å². The number of furan rings is 1. The van der Waals surface area contributed by atoms with Gasteiger partial charge in [-0.15, -0.1) is 0 Å². The van der Waals surface area contributed by atoms with E-state index >= 15 is 0 Å². The molecule has 2 N–H and O–H groups in total. The van der Waals surface area contributed by atoms with Crippen LogP contribution in [-0.2, 0) is 6.61 Å². The van der Waals surface area contributed by atoms with Crippen LogP contribution < -0.4 is 10.1 Å². The van der Waals surface area contributed by atoms with Gasteiger partial charge in [0.2, 0.25) is 0 Å². The number of carbonyl (C=O) groups is 1. The van der Waals surface area contributed by atoms with E-state index in [4.69, 9.17) is 32.4 Å². The molecule has 0 unspecified atom stereocenters. The van der Waals surface area contributed by atoms with E-state index in [0.29, 0.717) is 21.6 Å². The highest BCUT2D eigenvalue weighted by molar-refractivity contribution is 9.10. The average molecular weight is 457 g/mol. The zero-order valence-corrected chi connectivity index (χ0v) is 16.2. The average Bonchev–Trinajstić information content (AvgIpc) is 3.06. The van der Waals surface area contributed by atoms with E-state index in [1.807, 2.05) is 0 Å². The molecule has 0 fully saturated rings. The highest BCUT2D eigenvalue weighted by atomic mass is 79.9. The van der Waals surface area contributed by atoms with Gasteiger partial charge in [0.05, 0.1) is 10.7 Å². The summed E-state index contributed by atoms with van der Waals surface area (Å²) < 4.78 is 11.9. The van der Waals surface area contributed by atoms with Gasteiger partial charge in [-0.25, -0.2) is 0 Å². The van der Waals surface area contributed by atoms with E-state index in [-0.39, 0.29) is 23.8 Å². The van der Waals surface area contributed by atoms with Gasteiger partial charge in [0.1, 0.15) is 23.9 Å². The molecule has 134 valence electrons. The van der Waals surface area contributed by atoms with Crippen molar-refractivity contribution < 1.29 is 19.1 Å². The summed E-state index contributed by atoms with van der Waals surface area (Å²) in [4.78, 5) is 12.2. The first-order valence-corrected chi connectivity index (χ1v) is 8.93. The van der Waals surface area contributed by atoms with Crippen LogP contribution in [0.5, 0.6) is 11.5 Å². The Morgan fingerprint density at radius 3 is 2.73 bits per heavy atom. The number of benzene rings is 2. The van der Waals surface area contributed by atoms with Crippen LogP contribution in [0.4, 0.5) is 5.69 Å². The molecular formula is C18H12BrCl2NO4. The zero-order valence-electron chi connectivity index (χ0n) is 13.1. The standard InChI is InChI=1S/C18H12BrCl2NO4/c19-10-1-5-16(13(21)7-10)25-9-12-3-6-17(26-12)18(24)22-14-8-11(20)2-4-15(14)23/h1-8,23H,9H2,(H,22,24). The molecule has 0 saturated carbocycles. The molecule has 5 nitrogen and oxygen atoms in total. The largest absolute Gasteiger partial charge is 0.506 e. The van der Waals surface area contributed by atoms with E-state index in [0.717, 1.165) is 4.47 Å². The summed E-state index contributed by atoms with van der Waals surface area (Å²) in [6, 6.07) is 12.7. The number of ether oxygens (including phenoxy) is 1. The molecule has 1 amide bonds. The summed E-state index contributed by atoms with van der Waals surface area (Å²) in [5.41, 5.74) is 0.193. The lowest BCUT2D eigenvalue weighted by Crippen LogP contribution is -2.11. The fraction of sp³-hybridized carbons (Fsp3) is 0.0556. The van der Waals surface area contributed by atoms with Crippen molar-refractivity contribution in [2.75, 3.05) is 5.32 Å². The summed E-state index contributed by atoms with van der Waals surface area (Å²) >= 11 is 15.3. The van der Waals surface area contributed by atoms with Crippen molar-refractivity contribution >= 4 is 50.7 Å². The van der Waals surface area contributed by atoms with Crippen LogP contribution in [0, 0.1) is 0 Å². The monoisotopic (exact) mass is 455 g/mol. The van der Waals surface area contributed by atoms with Crippen molar-refractivity contribution in [2.24, 2.45) is 0 Å². The molecule has 0 bridgehead atoms. The molecule has 1 aromatic heterocycles. The van der Waals surface area contributed by atoms with Crippen LogP contribution in [-0.4, -0.2) is 11.0 Å². The first kappa shape index (κ1) is 18.6. The molecule has 0 aliphatic rings. The predicted molar refractivity (Wildman–Crippen MR) is 103 cm³/mol. The fourth-order valence-electron chi connectivity index (χ4n) is 2.11. The number of rotatable bonds is 5. The van der Waals surface area contributed by atoms with Crippen molar-refractivity contribution in [3.63, 3.8) is 0 Å². The quantitative estimate of drug-likeness (QED) is 0.470. The molecule has 0 radical (unpaired) electrons. The molecule has 0 aliphatic heterocycles. The van der Waals surface area contributed by atoms with Gasteiger partial charge in [0.15, 0.2) is 5.76 Å². The van der Waals surface area contributed by atoms with Gasteiger partial charge in [-0.05, 0) is 48.5 Å². The highest BCUT2D eigenvalue weighted by Gasteiger charge is 2.14. The second-order valence-corrected chi connectivity index (χ2v) is 7.00. The van der Waals surface area contributed by atoms with Gasteiger partial charge in [-0.3, -0.25) is 4.79 Å². The minimum atomic E-state index is -0.518. The van der Waals surface area contributed by atoms with E-state index in [9.17, 15) is 9.90 Å². The maximum absolute atomic E-state index is 12.2. The molecule has 0 spiro atoms. The lowest BCUT2D eigenvalue weighted by molar-refractivity contribution is 0.0992. The Bertz CT molecular complexity index is 958. The summed E-state index contributed by atoms with van der Waals surface area (Å²) in [6.07, 6.45) is 0. The Morgan fingerprint density at radius 1 is 1.15 bits per heavy atom. The van der Waals surface area contributed by atoms with Gasteiger partial charge < -0.3 is 19.6 Å². The van der Waals surface area contributed by atoms with Crippen LogP contribution in [0.25, 0.3) is 0 Å². The lowest BCUT2D eigenvalue weighted by atomic mass is 10.3. The molecule has 26 heavy (non-hydrogen) atoms. The number of halogens is 3. The Labute approximate surface area is 167 Å². The summed E-state index contributed by atoms with van der Waals surface area (Å²) in [5.74, 6) is 0.411. The molecule has 0 atom stereocenters. The van der Waals surface area contributed by atoms with Crippen LogP contribution in [0.2, 0.25) is 10.0 Å². The van der Waals surface area contributed by atoms with E-state index in [1.54, 1.807) is 24.3 Å². The number of phenolic OH excluding ortho intramolecular Hbond substituents is 1. The third-order valence-corrected chi connectivity index (χ3v) is 4.38. The van der Waals surface area contributed by atoms with Crippen molar-refractivity contribution in [3.8, 4) is 11.5 Å². The number of nitrogens with one attached hydrogen (secondary N) is 1. The molecule has 8 heteroatoms. The van der Waals surface area contributed by atoms with Crippen LogP contribution in [0.3, 0.4) is 0 Å². The second kappa shape index (κ2) is 8.03. The molecule has 0 saturated heterocycles. The minimum Gasteiger partial charge on any atom is -0.506 e. The van der Waals surface area contributed by atoms with Gasteiger partial charge in [0.25, 0.3) is 5.91 Å². The second-order valence-electron chi connectivity index (χ2n) is 5.24. The van der Waals surface area contributed by atoms with Gasteiger partial charge in [0, 0.05) is 9.50 Å². The minimum absolute atomic E-state index is 0.0740. The summed E-state index contributed by atoms with van der Waals surface area (Å²) in [6.45, 7) is 0.108. The molecule has 3 aromatic rings. The zero-order chi connectivity index (χ0) is 18.7. The Kier molecular flexibility index (Phi) is 5.76. The Balaban J connectivity index is 1.65. The maximum atomic E-state index is 12.2. The number of hydrogen-bond acceptors (Lipinski definition) is 4. The van der Waals surface area contributed by atoms with Gasteiger partial charge in [-0.2, -0.15) is 0 Å². The van der Waals surface area contributed by atoms with Gasteiger partial charge >= 0.3 is 0 Å². The Hall–Kier alpha value is -2.15. The summed E-state index contributed by atoms with van der Waals surface area (Å²) in [5, 5.41) is 13.1. The number of aromatic hydroxyl groups is 1. The number of carbonyl (C=O) groups excluding carboxylic acids is 1. The van der Waals surface area contributed by atoms with Crippen LogP contribution in [0.15, 0.2) is 57.4 Å². The number of phenols is 1. The van der Waals surface area contributed by atoms with Gasteiger partial charge in [-0.1, -0.05) is 39.1 Å². The molecule has 2 aromatic carbocycles. The summed E-state index contributed by atoms with van der Waals surface area (Å²) in [7, 11) is 0. The Morgan fingerprint density at radius 2 is 1.96 bits per heavy atom. The number of anilines is 1. The number of amides is 1. The molecule has 1 heterocycles. The van der Waals surface area contributed by atoms with Crippen LogP contribution >= 0.6 is 39.1 Å². The highest BCUT2D eigenvalue weighted by Crippen LogP contribution is 2.29.